The number of hydrogen-bond donors (Lipinski definition) is 1. The summed E-state index contributed by atoms with van der Waals surface area (Å²) in [5.74, 6) is 2.57. The van der Waals surface area contributed by atoms with Crippen molar-refractivity contribution in [3.63, 3.8) is 0 Å². The number of imidazole rings is 1. The van der Waals surface area contributed by atoms with E-state index in [1.165, 1.54) is 19.5 Å². The zero-order valence-corrected chi connectivity index (χ0v) is 18.8. The molecule has 2 aliphatic heterocycles. The van der Waals surface area contributed by atoms with Crippen LogP contribution in [-0.4, -0.2) is 48.5 Å². The number of piperidine rings is 2. The van der Waals surface area contributed by atoms with Crippen molar-refractivity contribution in [3.8, 4) is 0 Å². The van der Waals surface area contributed by atoms with E-state index in [1.807, 2.05) is 6.07 Å². The van der Waals surface area contributed by atoms with Crippen LogP contribution in [0.2, 0.25) is 0 Å². The first-order valence-electron chi connectivity index (χ1n) is 11.2. The Kier molecular flexibility index (Phi) is 6.00. The summed E-state index contributed by atoms with van der Waals surface area (Å²) < 4.78 is 30.0. The Bertz CT molecular complexity index is 953. The van der Waals surface area contributed by atoms with Crippen molar-refractivity contribution in [2.75, 3.05) is 26.2 Å². The Balaban J connectivity index is 1.64. The standard InChI is InChI=1S/C22H34N4O2S/c1-4-26-21-9-8-19(29(27,28)25-10-6-5-7-11-25)13-20(21)23-22(26)16-24-14-17(2)12-18(3)15-24/h8-9,13,17-18H,4-7,10-12,14-16H2,1-3H3/p+1/t17-,18-/m1/s1. The lowest BCUT2D eigenvalue weighted by Gasteiger charge is -2.31. The SMILES string of the molecule is CCn1c(C[NH+]2C[C@H](C)C[C@@H](C)C2)nc2cc(S(=O)(=O)N3CCCCC3)ccc21. The minimum atomic E-state index is -3.43. The molecule has 0 spiro atoms. The van der Waals surface area contributed by atoms with E-state index in [2.05, 4.69) is 25.3 Å². The molecule has 0 saturated carbocycles. The summed E-state index contributed by atoms with van der Waals surface area (Å²) in [6.45, 7) is 12.2. The van der Waals surface area contributed by atoms with Gasteiger partial charge in [-0.25, -0.2) is 13.4 Å². The van der Waals surface area contributed by atoms with Crippen molar-refractivity contribution in [2.24, 2.45) is 11.8 Å². The smallest absolute Gasteiger partial charge is 0.243 e. The highest BCUT2D eigenvalue weighted by molar-refractivity contribution is 7.89. The van der Waals surface area contributed by atoms with Gasteiger partial charge in [0.2, 0.25) is 10.0 Å². The lowest BCUT2D eigenvalue weighted by atomic mass is 9.92. The number of quaternary nitrogens is 1. The monoisotopic (exact) mass is 419 g/mol. The molecule has 6 nitrogen and oxygen atoms in total. The van der Waals surface area contributed by atoms with Gasteiger partial charge in [0.05, 0.1) is 29.0 Å². The van der Waals surface area contributed by atoms with Gasteiger partial charge in [0.15, 0.2) is 5.82 Å². The van der Waals surface area contributed by atoms with Gasteiger partial charge < -0.3 is 9.47 Å². The average molecular weight is 420 g/mol. The van der Waals surface area contributed by atoms with Gasteiger partial charge in [-0.3, -0.25) is 0 Å². The molecule has 1 N–H and O–H groups in total. The summed E-state index contributed by atoms with van der Waals surface area (Å²) in [5, 5.41) is 0. The number of benzene rings is 1. The number of likely N-dealkylation sites (tertiary alicyclic amines) is 1. The molecular weight excluding hydrogens is 384 g/mol. The van der Waals surface area contributed by atoms with E-state index in [0.29, 0.717) is 18.0 Å². The van der Waals surface area contributed by atoms with Gasteiger partial charge in [-0.15, -0.1) is 0 Å². The molecule has 29 heavy (non-hydrogen) atoms. The zero-order valence-electron chi connectivity index (χ0n) is 18.0. The Morgan fingerprint density at radius 2 is 1.79 bits per heavy atom. The molecule has 1 aromatic heterocycles. The summed E-state index contributed by atoms with van der Waals surface area (Å²) in [6.07, 6.45) is 4.33. The summed E-state index contributed by atoms with van der Waals surface area (Å²) >= 11 is 0. The Hall–Kier alpha value is -1.44. The number of fused-ring (bicyclic) bond motifs is 1. The minimum absolute atomic E-state index is 0.381. The Morgan fingerprint density at radius 3 is 2.45 bits per heavy atom. The third kappa shape index (κ3) is 4.23. The van der Waals surface area contributed by atoms with E-state index < -0.39 is 10.0 Å². The highest BCUT2D eigenvalue weighted by atomic mass is 32.2. The van der Waals surface area contributed by atoms with Crippen LogP contribution < -0.4 is 4.90 Å². The molecule has 2 fully saturated rings. The molecular formula is C22H35N4O2S+. The van der Waals surface area contributed by atoms with Gasteiger partial charge in [0, 0.05) is 31.5 Å². The highest BCUT2D eigenvalue weighted by Gasteiger charge is 2.28. The van der Waals surface area contributed by atoms with Crippen LogP contribution in [0.15, 0.2) is 23.1 Å². The van der Waals surface area contributed by atoms with E-state index in [-0.39, 0.29) is 0 Å². The molecule has 1 aromatic carbocycles. The predicted octanol–water partition coefficient (Wildman–Crippen LogP) is 2.29. The first kappa shape index (κ1) is 20.8. The van der Waals surface area contributed by atoms with Crippen molar-refractivity contribution >= 4 is 21.1 Å². The van der Waals surface area contributed by atoms with Crippen LogP contribution in [0, 0.1) is 11.8 Å². The number of rotatable bonds is 5. The minimum Gasteiger partial charge on any atom is -0.328 e. The van der Waals surface area contributed by atoms with Crippen LogP contribution in [0.4, 0.5) is 0 Å². The van der Waals surface area contributed by atoms with Crippen LogP contribution in [0.3, 0.4) is 0 Å². The molecule has 0 bridgehead atoms. The van der Waals surface area contributed by atoms with Gasteiger partial charge in [-0.1, -0.05) is 20.3 Å². The summed E-state index contributed by atoms with van der Waals surface area (Å²) in [5.41, 5.74) is 1.84. The van der Waals surface area contributed by atoms with Gasteiger partial charge >= 0.3 is 0 Å². The van der Waals surface area contributed by atoms with Gasteiger partial charge in [0.25, 0.3) is 0 Å². The van der Waals surface area contributed by atoms with Crippen LogP contribution in [0.25, 0.3) is 11.0 Å². The van der Waals surface area contributed by atoms with E-state index in [0.717, 1.165) is 61.0 Å². The summed E-state index contributed by atoms with van der Waals surface area (Å²) in [6, 6.07) is 5.50. The van der Waals surface area contributed by atoms with E-state index in [1.54, 1.807) is 21.3 Å². The van der Waals surface area contributed by atoms with Crippen LogP contribution in [0.5, 0.6) is 0 Å². The molecule has 7 heteroatoms. The molecule has 2 atom stereocenters. The quantitative estimate of drug-likeness (QED) is 0.809. The second-order valence-corrected chi connectivity index (χ2v) is 11.1. The number of aromatic nitrogens is 2. The van der Waals surface area contributed by atoms with E-state index in [4.69, 9.17) is 4.98 Å². The predicted molar refractivity (Wildman–Crippen MR) is 115 cm³/mol. The molecule has 0 radical (unpaired) electrons. The molecule has 2 aliphatic rings. The van der Waals surface area contributed by atoms with Crippen molar-refractivity contribution < 1.29 is 13.3 Å². The van der Waals surface area contributed by atoms with Gasteiger partial charge in [0.1, 0.15) is 6.54 Å². The molecule has 4 rings (SSSR count). The van der Waals surface area contributed by atoms with E-state index >= 15 is 0 Å². The summed E-state index contributed by atoms with van der Waals surface area (Å²) in [4.78, 5) is 6.87. The van der Waals surface area contributed by atoms with Crippen molar-refractivity contribution in [2.45, 2.75) is 64.4 Å². The maximum atomic E-state index is 13.1. The van der Waals surface area contributed by atoms with Gasteiger partial charge in [-0.2, -0.15) is 4.31 Å². The normalized spacial score (nSPS) is 26.8. The largest absolute Gasteiger partial charge is 0.328 e. The molecule has 2 saturated heterocycles. The third-order valence-corrected chi connectivity index (χ3v) is 8.45. The molecule has 0 aliphatic carbocycles. The van der Waals surface area contributed by atoms with Gasteiger partial charge in [-0.05, 0) is 44.4 Å². The molecule has 2 aromatic rings. The number of hydrogen-bond acceptors (Lipinski definition) is 3. The second-order valence-electron chi connectivity index (χ2n) is 9.17. The first-order valence-corrected chi connectivity index (χ1v) is 12.7. The van der Waals surface area contributed by atoms with Crippen LogP contribution >= 0.6 is 0 Å². The third-order valence-electron chi connectivity index (χ3n) is 6.55. The highest BCUT2D eigenvalue weighted by Crippen LogP contribution is 2.25. The fourth-order valence-electron chi connectivity index (χ4n) is 5.35. The number of nitrogens with zero attached hydrogens (tertiary/aromatic N) is 3. The number of nitrogens with one attached hydrogen (secondary N) is 1. The Morgan fingerprint density at radius 1 is 1.10 bits per heavy atom. The topological polar surface area (TPSA) is 59.6 Å². The average Bonchev–Trinajstić information content (AvgIpc) is 3.03. The maximum Gasteiger partial charge on any atom is 0.243 e. The lowest BCUT2D eigenvalue weighted by molar-refractivity contribution is -0.926. The van der Waals surface area contributed by atoms with Crippen LogP contribution in [-0.2, 0) is 23.1 Å². The lowest BCUT2D eigenvalue weighted by Crippen LogP contribution is -3.13. The number of sulfonamides is 1. The molecule has 3 heterocycles. The Labute approximate surface area is 174 Å². The second kappa shape index (κ2) is 8.36. The molecule has 160 valence electrons. The van der Waals surface area contributed by atoms with E-state index in [9.17, 15) is 8.42 Å². The van der Waals surface area contributed by atoms with Crippen LogP contribution in [0.1, 0.15) is 52.3 Å². The maximum absolute atomic E-state index is 13.1. The molecule has 0 unspecified atom stereocenters. The van der Waals surface area contributed by atoms with Crippen molar-refractivity contribution in [1.82, 2.24) is 13.9 Å². The molecule has 0 amide bonds. The first-order chi connectivity index (χ1) is 13.9. The van der Waals surface area contributed by atoms with Crippen molar-refractivity contribution in [3.05, 3.63) is 24.0 Å². The fraction of sp³-hybridized carbons (Fsp3) is 0.682. The van der Waals surface area contributed by atoms with Crippen molar-refractivity contribution in [1.29, 1.82) is 0 Å². The fourth-order valence-corrected chi connectivity index (χ4v) is 6.89. The number of aryl methyl sites for hydroxylation is 1. The zero-order chi connectivity index (χ0) is 20.6. The summed E-state index contributed by atoms with van der Waals surface area (Å²) in [7, 11) is -3.43.